The van der Waals surface area contributed by atoms with E-state index in [1.54, 1.807) is 49.5 Å². The van der Waals surface area contributed by atoms with E-state index in [4.69, 9.17) is 11.6 Å². The second-order valence-electron chi connectivity index (χ2n) is 7.09. The van der Waals surface area contributed by atoms with Crippen LogP contribution in [0.2, 0.25) is 5.02 Å². The van der Waals surface area contributed by atoms with E-state index in [0.29, 0.717) is 27.3 Å². The molecule has 6 heteroatoms. The summed E-state index contributed by atoms with van der Waals surface area (Å²) in [6.07, 6.45) is 1.72. The van der Waals surface area contributed by atoms with E-state index in [2.05, 4.69) is 27.7 Å². The van der Waals surface area contributed by atoms with E-state index in [1.807, 2.05) is 36.4 Å². The molecule has 0 atom stereocenters. The molecular formula is C26H18ClN3O2. The molecule has 4 rings (SSSR count). The lowest BCUT2D eigenvalue weighted by atomic mass is 10.1. The standard InChI is InChI=1S/C26H18ClN3O2/c1-17-6-4-10-22(27)24(17)26(32)30-29-25(31)21-9-5-7-18(14-21)12-13-19-15-20-8-2-3-11-23(20)28-16-19/h2-11,14-16H,1H3,(H,29,31)(H,30,32). The molecule has 0 aliphatic heterocycles. The number of hydrogen-bond acceptors (Lipinski definition) is 3. The fourth-order valence-corrected chi connectivity index (χ4v) is 3.50. The van der Waals surface area contributed by atoms with Crippen LogP contribution in [0.25, 0.3) is 10.9 Å². The van der Waals surface area contributed by atoms with E-state index in [9.17, 15) is 9.59 Å². The van der Waals surface area contributed by atoms with Gasteiger partial charge in [-0.25, -0.2) is 0 Å². The Hall–Kier alpha value is -4.14. The SMILES string of the molecule is Cc1cccc(Cl)c1C(=O)NNC(=O)c1cccc(C#Cc2cnc3ccccc3c2)c1. The predicted molar refractivity (Wildman–Crippen MR) is 125 cm³/mol. The molecule has 0 aliphatic carbocycles. The minimum atomic E-state index is -0.485. The topological polar surface area (TPSA) is 71.1 Å². The molecule has 0 saturated heterocycles. The first-order valence-electron chi connectivity index (χ1n) is 9.84. The molecular weight excluding hydrogens is 422 g/mol. The van der Waals surface area contributed by atoms with Gasteiger partial charge < -0.3 is 0 Å². The third kappa shape index (κ3) is 4.77. The van der Waals surface area contributed by atoms with Gasteiger partial charge in [-0.05, 0) is 48.9 Å². The van der Waals surface area contributed by atoms with Crippen LogP contribution in [0.3, 0.4) is 0 Å². The van der Waals surface area contributed by atoms with Crippen molar-refractivity contribution in [3.63, 3.8) is 0 Å². The molecule has 0 unspecified atom stereocenters. The molecule has 156 valence electrons. The van der Waals surface area contributed by atoms with Crippen molar-refractivity contribution < 1.29 is 9.59 Å². The van der Waals surface area contributed by atoms with Crippen LogP contribution < -0.4 is 10.9 Å². The maximum atomic E-state index is 12.5. The number of carbonyl (C=O) groups excluding carboxylic acids is 2. The molecule has 0 fully saturated rings. The zero-order valence-electron chi connectivity index (χ0n) is 17.1. The molecule has 0 saturated carbocycles. The number of fused-ring (bicyclic) bond motifs is 1. The number of aryl methyl sites for hydroxylation is 1. The van der Waals surface area contributed by atoms with Gasteiger partial charge in [-0.3, -0.25) is 25.4 Å². The van der Waals surface area contributed by atoms with Gasteiger partial charge in [0.2, 0.25) is 0 Å². The van der Waals surface area contributed by atoms with Crippen molar-refractivity contribution in [2.24, 2.45) is 0 Å². The van der Waals surface area contributed by atoms with Gasteiger partial charge in [0, 0.05) is 28.3 Å². The van der Waals surface area contributed by atoms with Crippen molar-refractivity contribution in [1.82, 2.24) is 15.8 Å². The first-order chi connectivity index (χ1) is 15.5. The number of pyridine rings is 1. The average molecular weight is 440 g/mol. The summed E-state index contributed by atoms with van der Waals surface area (Å²) >= 11 is 6.10. The highest BCUT2D eigenvalue weighted by Crippen LogP contribution is 2.19. The molecule has 2 N–H and O–H groups in total. The number of nitrogens with one attached hydrogen (secondary N) is 2. The van der Waals surface area contributed by atoms with Crippen molar-refractivity contribution in [2.45, 2.75) is 6.92 Å². The van der Waals surface area contributed by atoms with Crippen LogP contribution in [0.5, 0.6) is 0 Å². The predicted octanol–water partition coefficient (Wildman–Crippen LogP) is 4.67. The number of para-hydroxylation sites is 1. The number of amides is 2. The number of rotatable bonds is 2. The minimum absolute atomic E-state index is 0.317. The van der Waals surface area contributed by atoms with E-state index in [-0.39, 0.29) is 0 Å². The zero-order valence-corrected chi connectivity index (χ0v) is 17.9. The van der Waals surface area contributed by atoms with Gasteiger partial charge in [0.05, 0.1) is 16.1 Å². The van der Waals surface area contributed by atoms with E-state index < -0.39 is 11.8 Å². The van der Waals surface area contributed by atoms with Crippen LogP contribution in [-0.4, -0.2) is 16.8 Å². The second kappa shape index (κ2) is 9.34. The third-order valence-electron chi connectivity index (χ3n) is 4.80. The Bertz CT molecular complexity index is 1380. The van der Waals surface area contributed by atoms with Crippen molar-refractivity contribution >= 4 is 34.3 Å². The highest BCUT2D eigenvalue weighted by molar-refractivity contribution is 6.34. The molecule has 5 nitrogen and oxygen atoms in total. The van der Waals surface area contributed by atoms with Crippen molar-refractivity contribution in [3.8, 4) is 11.8 Å². The Kier molecular flexibility index (Phi) is 6.16. The molecule has 0 radical (unpaired) electrons. The smallest absolute Gasteiger partial charge is 0.267 e. The first-order valence-corrected chi connectivity index (χ1v) is 10.2. The Balaban J connectivity index is 1.46. The average Bonchev–Trinajstić information content (AvgIpc) is 2.81. The van der Waals surface area contributed by atoms with Gasteiger partial charge in [-0.2, -0.15) is 0 Å². The number of hydrogen-bond donors (Lipinski definition) is 2. The van der Waals surface area contributed by atoms with Gasteiger partial charge in [0.25, 0.3) is 11.8 Å². The van der Waals surface area contributed by atoms with Gasteiger partial charge in [0.15, 0.2) is 0 Å². The van der Waals surface area contributed by atoms with Crippen LogP contribution in [0.1, 0.15) is 37.4 Å². The summed E-state index contributed by atoms with van der Waals surface area (Å²) in [6, 6.07) is 21.8. The van der Waals surface area contributed by atoms with Gasteiger partial charge in [-0.15, -0.1) is 0 Å². The fraction of sp³-hybridized carbons (Fsp3) is 0.0385. The molecule has 2 amide bonds. The molecule has 32 heavy (non-hydrogen) atoms. The van der Waals surface area contributed by atoms with E-state index >= 15 is 0 Å². The lowest BCUT2D eigenvalue weighted by Gasteiger charge is -2.10. The van der Waals surface area contributed by atoms with Crippen molar-refractivity contribution in [2.75, 3.05) is 0 Å². The number of aromatic nitrogens is 1. The van der Waals surface area contributed by atoms with Gasteiger partial charge in [-0.1, -0.05) is 59.8 Å². The Morgan fingerprint density at radius 1 is 0.844 bits per heavy atom. The maximum absolute atomic E-state index is 12.5. The molecule has 0 aliphatic rings. The molecule has 0 bridgehead atoms. The molecule has 4 aromatic rings. The van der Waals surface area contributed by atoms with Gasteiger partial charge in [0.1, 0.15) is 0 Å². The highest BCUT2D eigenvalue weighted by atomic mass is 35.5. The van der Waals surface area contributed by atoms with E-state index in [0.717, 1.165) is 16.5 Å². The van der Waals surface area contributed by atoms with Crippen LogP contribution in [0.4, 0.5) is 0 Å². The third-order valence-corrected chi connectivity index (χ3v) is 5.12. The number of benzene rings is 3. The lowest BCUT2D eigenvalue weighted by Crippen LogP contribution is -2.42. The van der Waals surface area contributed by atoms with E-state index in [1.165, 1.54) is 0 Å². The fourth-order valence-electron chi connectivity index (χ4n) is 3.19. The van der Waals surface area contributed by atoms with Crippen LogP contribution >= 0.6 is 11.6 Å². The summed E-state index contributed by atoms with van der Waals surface area (Å²) in [5, 5.41) is 1.33. The number of nitrogens with zero attached hydrogens (tertiary/aromatic N) is 1. The summed E-state index contributed by atoms with van der Waals surface area (Å²) in [4.78, 5) is 29.3. The minimum Gasteiger partial charge on any atom is -0.267 e. The lowest BCUT2D eigenvalue weighted by molar-refractivity contribution is 0.0846. The van der Waals surface area contributed by atoms with Crippen LogP contribution in [0, 0.1) is 18.8 Å². The largest absolute Gasteiger partial charge is 0.271 e. The normalized spacial score (nSPS) is 10.2. The molecule has 1 aromatic heterocycles. The summed E-state index contributed by atoms with van der Waals surface area (Å²) in [7, 11) is 0. The zero-order chi connectivity index (χ0) is 22.5. The monoisotopic (exact) mass is 439 g/mol. The number of carbonyl (C=O) groups is 2. The molecule has 1 heterocycles. The highest BCUT2D eigenvalue weighted by Gasteiger charge is 2.14. The maximum Gasteiger partial charge on any atom is 0.271 e. The summed E-state index contributed by atoms with van der Waals surface area (Å²) in [5.74, 6) is 5.18. The first kappa shape index (κ1) is 21.1. The van der Waals surface area contributed by atoms with Crippen molar-refractivity contribution in [3.05, 3.63) is 112 Å². The number of hydrazine groups is 1. The second-order valence-corrected chi connectivity index (χ2v) is 7.49. The van der Waals surface area contributed by atoms with Crippen LogP contribution in [-0.2, 0) is 0 Å². The quantitative estimate of drug-likeness (QED) is 0.352. The summed E-state index contributed by atoms with van der Waals surface area (Å²) in [6.45, 7) is 1.77. The summed E-state index contributed by atoms with van der Waals surface area (Å²) in [5.41, 5.74) is 8.57. The van der Waals surface area contributed by atoms with Crippen LogP contribution in [0.15, 0.2) is 79.0 Å². The Morgan fingerprint density at radius 2 is 1.59 bits per heavy atom. The number of halogens is 1. The molecule has 3 aromatic carbocycles. The molecule has 0 spiro atoms. The Labute approximate surface area is 190 Å². The van der Waals surface area contributed by atoms with Gasteiger partial charge >= 0.3 is 0 Å². The van der Waals surface area contributed by atoms with Crippen molar-refractivity contribution in [1.29, 1.82) is 0 Å². The Morgan fingerprint density at radius 3 is 2.44 bits per heavy atom. The summed E-state index contributed by atoms with van der Waals surface area (Å²) < 4.78 is 0.